The van der Waals surface area contributed by atoms with Gasteiger partial charge in [-0.1, -0.05) is 33.1 Å². The van der Waals surface area contributed by atoms with Crippen LogP contribution < -0.4 is 4.74 Å². The first-order chi connectivity index (χ1) is 10.7. The molecule has 22 heavy (non-hydrogen) atoms. The number of ether oxygens (including phenoxy) is 1. The summed E-state index contributed by atoms with van der Waals surface area (Å²) >= 11 is 1.85. The summed E-state index contributed by atoms with van der Waals surface area (Å²) in [6, 6.07) is 5.91. The van der Waals surface area contributed by atoms with Gasteiger partial charge in [0, 0.05) is 10.8 Å². The zero-order valence-electron chi connectivity index (χ0n) is 13.9. The van der Waals surface area contributed by atoms with Crippen molar-refractivity contribution in [1.29, 1.82) is 0 Å². The Morgan fingerprint density at radius 1 is 1.23 bits per heavy atom. The molecule has 0 atom stereocenters. The van der Waals surface area contributed by atoms with Gasteiger partial charge in [0.25, 0.3) is 0 Å². The van der Waals surface area contributed by atoms with Gasteiger partial charge in [0.15, 0.2) is 5.78 Å². The molecular weight excluding hydrogens is 292 g/mol. The second kappa shape index (κ2) is 9.24. The Labute approximate surface area is 139 Å². The normalized spacial score (nSPS) is 15.7. The average molecular weight is 320 g/mol. The average Bonchev–Trinajstić information content (AvgIpc) is 2.58. The predicted octanol–water partition coefficient (Wildman–Crippen LogP) is 5.29. The summed E-state index contributed by atoms with van der Waals surface area (Å²) in [6.07, 6.45) is 8.48. The van der Waals surface area contributed by atoms with Crippen LogP contribution in [0, 0.1) is 0 Å². The van der Waals surface area contributed by atoms with Gasteiger partial charge in [-0.15, -0.1) is 0 Å². The van der Waals surface area contributed by atoms with Gasteiger partial charge in [0.2, 0.25) is 0 Å². The highest BCUT2D eigenvalue weighted by molar-refractivity contribution is 8.00. The number of benzene rings is 1. The number of carbonyl (C=O) groups excluding carboxylic acids is 1. The summed E-state index contributed by atoms with van der Waals surface area (Å²) in [5.74, 6) is 1.80. The molecule has 0 saturated heterocycles. The molecule has 1 aliphatic carbocycles. The van der Waals surface area contributed by atoms with Gasteiger partial charge in [-0.2, -0.15) is 11.8 Å². The summed E-state index contributed by atoms with van der Waals surface area (Å²) in [6.45, 7) is 4.95. The monoisotopic (exact) mass is 320 g/mol. The Balaban J connectivity index is 1.93. The number of hydrogen-bond acceptors (Lipinski definition) is 3. The molecule has 0 unspecified atom stereocenters. The molecule has 1 saturated carbocycles. The van der Waals surface area contributed by atoms with Crippen molar-refractivity contribution in [1.82, 2.24) is 0 Å². The van der Waals surface area contributed by atoms with E-state index in [1.54, 1.807) is 0 Å². The molecule has 2 rings (SSSR count). The zero-order chi connectivity index (χ0) is 15.8. The van der Waals surface area contributed by atoms with E-state index in [1.165, 1.54) is 32.1 Å². The first-order valence-corrected chi connectivity index (χ1v) is 9.70. The summed E-state index contributed by atoms with van der Waals surface area (Å²) in [7, 11) is 0. The maximum atomic E-state index is 12.4. The molecule has 1 aliphatic rings. The Hall–Kier alpha value is -0.960. The SMILES string of the molecule is CCCOc1ccc(C(=O)CSC2CCCCC2)cc1CC. The van der Waals surface area contributed by atoms with Crippen molar-refractivity contribution in [3.63, 3.8) is 0 Å². The molecule has 0 heterocycles. The van der Waals surface area contributed by atoms with Crippen LogP contribution in [0.3, 0.4) is 0 Å². The fourth-order valence-corrected chi connectivity index (χ4v) is 4.11. The quantitative estimate of drug-likeness (QED) is 0.609. The lowest BCUT2D eigenvalue weighted by Gasteiger charge is -2.20. The second-order valence-electron chi connectivity index (χ2n) is 6.02. The van der Waals surface area contributed by atoms with Gasteiger partial charge in [-0.3, -0.25) is 4.79 Å². The van der Waals surface area contributed by atoms with Crippen molar-refractivity contribution >= 4 is 17.5 Å². The van der Waals surface area contributed by atoms with Crippen LogP contribution in [-0.4, -0.2) is 23.4 Å². The number of rotatable bonds is 8. The molecule has 0 aromatic heterocycles. The maximum absolute atomic E-state index is 12.4. The fourth-order valence-electron chi connectivity index (χ4n) is 2.89. The summed E-state index contributed by atoms with van der Waals surface area (Å²) in [5, 5.41) is 0.690. The van der Waals surface area contributed by atoms with E-state index in [4.69, 9.17) is 4.74 Å². The van der Waals surface area contributed by atoms with Crippen LogP contribution in [0.4, 0.5) is 0 Å². The Kier molecular flexibility index (Phi) is 7.31. The highest BCUT2D eigenvalue weighted by atomic mass is 32.2. The predicted molar refractivity (Wildman–Crippen MR) is 95.3 cm³/mol. The molecule has 1 aromatic carbocycles. The maximum Gasteiger partial charge on any atom is 0.172 e. The molecule has 2 nitrogen and oxygen atoms in total. The lowest BCUT2D eigenvalue weighted by molar-refractivity contribution is 0.102. The standard InChI is InChI=1S/C19H28O2S/c1-3-12-21-19-11-10-16(13-15(19)4-2)18(20)14-22-17-8-6-5-7-9-17/h10-11,13,17H,3-9,12,14H2,1-2H3. The van der Waals surface area contributed by atoms with Crippen molar-refractivity contribution in [2.45, 2.75) is 64.0 Å². The molecule has 0 bridgehead atoms. The number of carbonyl (C=O) groups is 1. The van der Waals surface area contributed by atoms with Crippen LogP contribution >= 0.6 is 11.8 Å². The fraction of sp³-hybridized carbons (Fsp3) is 0.632. The lowest BCUT2D eigenvalue weighted by atomic mass is 10.0. The third-order valence-corrected chi connectivity index (χ3v) is 5.60. The first-order valence-electron chi connectivity index (χ1n) is 8.65. The molecular formula is C19H28O2S. The summed E-state index contributed by atoms with van der Waals surface area (Å²) in [5.41, 5.74) is 1.98. The van der Waals surface area contributed by atoms with Crippen LogP contribution in [0.1, 0.15) is 68.3 Å². The van der Waals surface area contributed by atoms with E-state index in [9.17, 15) is 4.79 Å². The van der Waals surface area contributed by atoms with Crippen LogP contribution in [-0.2, 0) is 6.42 Å². The van der Waals surface area contributed by atoms with E-state index in [2.05, 4.69) is 13.8 Å². The largest absolute Gasteiger partial charge is 0.493 e. The van der Waals surface area contributed by atoms with Crippen LogP contribution in [0.25, 0.3) is 0 Å². The van der Waals surface area contributed by atoms with E-state index < -0.39 is 0 Å². The zero-order valence-corrected chi connectivity index (χ0v) is 14.7. The number of hydrogen-bond donors (Lipinski definition) is 0. The van der Waals surface area contributed by atoms with E-state index in [0.717, 1.165) is 36.3 Å². The van der Waals surface area contributed by atoms with Crippen LogP contribution in [0.5, 0.6) is 5.75 Å². The number of thioether (sulfide) groups is 1. The number of ketones is 1. The minimum Gasteiger partial charge on any atom is -0.493 e. The topological polar surface area (TPSA) is 26.3 Å². The molecule has 0 spiro atoms. The molecule has 0 aliphatic heterocycles. The van der Waals surface area contributed by atoms with Gasteiger partial charge in [-0.05, 0) is 49.4 Å². The minimum atomic E-state index is 0.257. The highest BCUT2D eigenvalue weighted by Gasteiger charge is 2.16. The van der Waals surface area contributed by atoms with E-state index in [-0.39, 0.29) is 5.78 Å². The van der Waals surface area contributed by atoms with Crippen LogP contribution in [0.15, 0.2) is 18.2 Å². The molecule has 0 N–H and O–H groups in total. The van der Waals surface area contributed by atoms with Gasteiger partial charge in [0.1, 0.15) is 5.75 Å². The number of Topliss-reactive ketones (excluding diaryl/α,β-unsaturated/α-hetero) is 1. The minimum absolute atomic E-state index is 0.257. The highest BCUT2D eigenvalue weighted by Crippen LogP contribution is 2.29. The van der Waals surface area contributed by atoms with Gasteiger partial charge < -0.3 is 4.74 Å². The molecule has 1 aromatic rings. The van der Waals surface area contributed by atoms with Gasteiger partial charge in [-0.25, -0.2) is 0 Å². The van der Waals surface area contributed by atoms with Crippen molar-refractivity contribution in [2.24, 2.45) is 0 Å². The van der Waals surface area contributed by atoms with Gasteiger partial charge in [0.05, 0.1) is 12.4 Å². The first kappa shape index (κ1) is 17.4. The van der Waals surface area contributed by atoms with E-state index in [1.807, 2.05) is 30.0 Å². The van der Waals surface area contributed by atoms with Crippen molar-refractivity contribution in [2.75, 3.05) is 12.4 Å². The van der Waals surface area contributed by atoms with Crippen LogP contribution in [0.2, 0.25) is 0 Å². The van der Waals surface area contributed by atoms with Crippen molar-refractivity contribution < 1.29 is 9.53 Å². The second-order valence-corrected chi connectivity index (χ2v) is 7.31. The summed E-state index contributed by atoms with van der Waals surface area (Å²) in [4.78, 5) is 12.4. The van der Waals surface area contributed by atoms with E-state index in [0.29, 0.717) is 11.0 Å². The smallest absolute Gasteiger partial charge is 0.172 e. The molecule has 3 heteroatoms. The van der Waals surface area contributed by atoms with E-state index >= 15 is 0 Å². The third kappa shape index (κ3) is 5.05. The molecule has 0 amide bonds. The molecule has 122 valence electrons. The Bertz CT molecular complexity index is 478. The van der Waals surface area contributed by atoms with Crippen molar-refractivity contribution in [3.8, 4) is 5.75 Å². The third-order valence-electron chi connectivity index (χ3n) is 4.23. The summed E-state index contributed by atoms with van der Waals surface area (Å²) < 4.78 is 5.75. The molecule has 1 fully saturated rings. The Morgan fingerprint density at radius 3 is 2.68 bits per heavy atom. The van der Waals surface area contributed by atoms with Gasteiger partial charge >= 0.3 is 0 Å². The number of aryl methyl sites for hydroxylation is 1. The van der Waals surface area contributed by atoms with Crippen molar-refractivity contribution in [3.05, 3.63) is 29.3 Å². The lowest BCUT2D eigenvalue weighted by Crippen LogP contribution is -2.12. The molecule has 0 radical (unpaired) electrons. The Morgan fingerprint density at radius 2 is 2.00 bits per heavy atom.